The molecule has 2 amide bonds. The van der Waals surface area contributed by atoms with E-state index in [0.29, 0.717) is 35.2 Å². The van der Waals surface area contributed by atoms with E-state index in [1.807, 2.05) is 13.8 Å². The molecule has 128 valence electrons. The van der Waals surface area contributed by atoms with Crippen LogP contribution in [0.3, 0.4) is 0 Å². The molecule has 2 rings (SSSR count). The minimum atomic E-state index is -0.684. The zero-order valence-electron chi connectivity index (χ0n) is 12.9. The highest BCUT2D eigenvalue weighted by atomic mass is 35.5. The molecule has 1 fully saturated rings. The fraction of sp³-hybridized carbons (Fsp3) is 0.467. The maximum absolute atomic E-state index is 12.4. The summed E-state index contributed by atoms with van der Waals surface area (Å²) in [4.78, 5) is 26.1. The summed E-state index contributed by atoms with van der Waals surface area (Å²) in [5.41, 5.74) is 5.96. The van der Waals surface area contributed by atoms with Crippen LogP contribution in [-0.4, -0.2) is 30.4 Å². The average molecular weight is 381 g/mol. The highest BCUT2D eigenvalue weighted by Crippen LogP contribution is 2.31. The summed E-state index contributed by atoms with van der Waals surface area (Å²) in [5, 5.41) is 3.54. The molecule has 0 saturated carbocycles. The third kappa shape index (κ3) is 4.98. The van der Waals surface area contributed by atoms with Gasteiger partial charge in [-0.25, -0.2) is 0 Å². The number of benzene rings is 1. The Morgan fingerprint density at radius 3 is 2.61 bits per heavy atom. The minimum Gasteiger partial charge on any atom is -0.354 e. The number of carbonyl (C=O) groups is 2. The summed E-state index contributed by atoms with van der Waals surface area (Å²) >= 11 is 11.9. The Hall–Kier alpha value is -1.01. The first-order chi connectivity index (χ1) is 10.2. The van der Waals surface area contributed by atoms with Gasteiger partial charge in [0.05, 0.1) is 10.0 Å². The fourth-order valence-corrected chi connectivity index (χ4v) is 2.56. The topological polar surface area (TPSA) is 75.4 Å². The van der Waals surface area contributed by atoms with Crippen molar-refractivity contribution in [2.45, 2.75) is 25.8 Å². The predicted molar refractivity (Wildman–Crippen MR) is 95.4 cm³/mol. The lowest BCUT2D eigenvalue weighted by atomic mass is 10.0. The maximum Gasteiger partial charge on any atom is 0.239 e. The molecule has 1 aliphatic rings. The van der Waals surface area contributed by atoms with E-state index in [2.05, 4.69) is 5.32 Å². The standard InChI is InChI=1S/C15H19Cl2N3O2.ClH/c1-15(2,18)8-19-13(21)10-5-6-20(14(10)22)9-3-4-11(16)12(17)7-9;/h3-4,7,10H,5-6,8,18H2,1-2H3,(H,19,21);1H. The zero-order chi connectivity index (χ0) is 16.5. The molecule has 5 nitrogen and oxygen atoms in total. The van der Waals surface area contributed by atoms with Crippen molar-refractivity contribution in [2.24, 2.45) is 11.7 Å². The van der Waals surface area contributed by atoms with Crippen LogP contribution in [0.1, 0.15) is 20.3 Å². The van der Waals surface area contributed by atoms with Gasteiger partial charge in [-0.05, 0) is 38.5 Å². The molecule has 1 aliphatic heterocycles. The van der Waals surface area contributed by atoms with E-state index in [1.165, 1.54) is 0 Å². The summed E-state index contributed by atoms with van der Waals surface area (Å²) < 4.78 is 0. The van der Waals surface area contributed by atoms with Crippen LogP contribution < -0.4 is 16.0 Å². The van der Waals surface area contributed by atoms with Crippen LogP contribution in [0.25, 0.3) is 0 Å². The van der Waals surface area contributed by atoms with Gasteiger partial charge in [-0.2, -0.15) is 0 Å². The molecule has 1 heterocycles. The van der Waals surface area contributed by atoms with E-state index in [1.54, 1.807) is 23.1 Å². The predicted octanol–water partition coefficient (Wildman–Crippen LogP) is 2.62. The summed E-state index contributed by atoms with van der Waals surface area (Å²) in [6.45, 7) is 4.42. The quantitative estimate of drug-likeness (QED) is 0.788. The van der Waals surface area contributed by atoms with E-state index >= 15 is 0 Å². The summed E-state index contributed by atoms with van der Waals surface area (Å²) in [5.74, 6) is -1.20. The number of halogens is 3. The van der Waals surface area contributed by atoms with Crippen LogP contribution in [-0.2, 0) is 9.59 Å². The van der Waals surface area contributed by atoms with Crippen molar-refractivity contribution >= 4 is 53.1 Å². The molecule has 8 heteroatoms. The fourth-order valence-electron chi connectivity index (χ4n) is 2.27. The molecule has 0 bridgehead atoms. The van der Waals surface area contributed by atoms with Crippen LogP contribution >= 0.6 is 35.6 Å². The Morgan fingerprint density at radius 1 is 1.39 bits per heavy atom. The molecule has 0 spiro atoms. The van der Waals surface area contributed by atoms with Crippen molar-refractivity contribution in [3.8, 4) is 0 Å². The zero-order valence-corrected chi connectivity index (χ0v) is 15.3. The first-order valence-electron chi connectivity index (χ1n) is 7.02. The second-order valence-electron chi connectivity index (χ2n) is 6.14. The van der Waals surface area contributed by atoms with Gasteiger partial charge in [0.15, 0.2) is 0 Å². The van der Waals surface area contributed by atoms with Crippen molar-refractivity contribution < 1.29 is 9.59 Å². The Bertz CT molecular complexity index is 602. The number of nitrogens with one attached hydrogen (secondary N) is 1. The Labute approximate surface area is 151 Å². The van der Waals surface area contributed by atoms with Gasteiger partial charge < -0.3 is 16.0 Å². The number of anilines is 1. The molecular weight excluding hydrogens is 361 g/mol. The molecule has 1 aromatic rings. The van der Waals surface area contributed by atoms with Crippen molar-refractivity contribution in [3.63, 3.8) is 0 Å². The van der Waals surface area contributed by atoms with Gasteiger partial charge in [-0.15, -0.1) is 12.4 Å². The molecule has 3 N–H and O–H groups in total. The lowest BCUT2D eigenvalue weighted by Gasteiger charge is -2.21. The lowest BCUT2D eigenvalue weighted by molar-refractivity contribution is -0.132. The molecule has 1 atom stereocenters. The van der Waals surface area contributed by atoms with Gasteiger partial charge in [0.2, 0.25) is 11.8 Å². The second-order valence-corrected chi connectivity index (χ2v) is 6.95. The van der Waals surface area contributed by atoms with Gasteiger partial charge in [-0.3, -0.25) is 9.59 Å². The van der Waals surface area contributed by atoms with E-state index in [4.69, 9.17) is 28.9 Å². The van der Waals surface area contributed by atoms with E-state index in [0.717, 1.165) is 0 Å². The average Bonchev–Trinajstić information content (AvgIpc) is 2.80. The molecule has 23 heavy (non-hydrogen) atoms. The first kappa shape index (κ1) is 20.0. The van der Waals surface area contributed by atoms with Crippen molar-refractivity contribution in [1.82, 2.24) is 5.32 Å². The Balaban J connectivity index is 0.00000264. The van der Waals surface area contributed by atoms with E-state index in [9.17, 15) is 9.59 Å². The summed E-state index contributed by atoms with van der Waals surface area (Å²) in [7, 11) is 0. The second kappa shape index (κ2) is 7.71. The van der Waals surface area contributed by atoms with Crippen LogP contribution in [0.5, 0.6) is 0 Å². The van der Waals surface area contributed by atoms with E-state index < -0.39 is 11.5 Å². The number of hydrogen-bond donors (Lipinski definition) is 2. The van der Waals surface area contributed by atoms with Crippen LogP contribution in [0.15, 0.2) is 18.2 Å². The molecule has 0 aromatic heterocycles. The molecule has 1 aromatic carbocycles. The minimum absolute atomic E-state index is 0. The maximum atomic E-state index is 12.4. The van der Waals surface area contributed by atoms with Crippen molar-refractivity contribution in [3.05, 3.63) is 28.2 Å². The highest BCUT2D eigenvalue weighted by Gasteiger charge is 2.37. The smallest absolute Gasteiger partial charge is 0.239 e. The van der Waals surface area contributed by atoms with Gasteiger partial charge in [0.25, 0.3) is 0 Å². The van der Waals surface area contributed by atoms with Gasteiger partial charge >= 0.3 is 0 Å². The normalized spacial score (nSPS) is 17.9. The SMILES string of the molecule is CC(C)(N)CNC(=O)C1CCN(c2ccc(Cl)c(Cl)c2)C1=O.Cl. The third-order valence-electron chi connectivity index (χ3n) is 3.46. The number of carbonyl (C=O) groups excluding carboxylic acids is 2. The summed E-state index contributed by atoms with van der Waals surface area (Å²) in [6, 6.07) is 4.98. The highest BCUT2D eigenvalue weighted by molar-refractivity contribution is 6.42. The number of nitrogens with zero attached hydrogens (tertiary/aromatic N) is 1. The Morgan fingerprint density at radius 2 is 2.04 bits per heavy atom. The number of rotatable bonds is 4. The van der Waals surface area contributed by atoms with Gasteiger partial charge in [0.1, 0.15) is 5.92 Å². The third-order valence-corrected chi connectivity index (χ3v) is 4.19. The van der Waals surface area contributed by atoms with Crippen LogP contribution in [0.2, 0.25) is 10.0 Å². The number of hydrogen-bond acceptors (Lipinski definition) is 3. The number of amides is 2. The molecular formula is C15H20Cl3N3O2. The molecule has 1 saturated heterocycles. The first-order valence-corrected chi connectivity index (χ1v) is 7.77. The van der Waals surface area contributed by atoms with Crippen molar-refractivity contribution in [1.29, 1.82) is 0 Å². The van der Waals surface area contributed by atoms with Gasteiger partial charge in [-0.1, -0.05) is 23.2 Å². The monoisotopic (exact) mass is 379 g/mol. The number of nitrogens with two attached hydrogens (primary N) is 1. The van der Waals surface area contributed by atoms with Gasteiger partial charge in [0, 0.05) is 24.3 Å². The Kier molecular flexibility index (Phi) is 6.71. The van der Waals surface area contributed by atoms with Crippen LogP contribution in [0.4, 0.5) is 5.69 Å². The van der Waals surface area contributed by atoms with Crippen LogP contribution in [0, 0.1) is 5.92 Å². The van der Waals surface area contributed by atoms with E-state index in [-0.39, 0.29) is 24.2 Å². The lowest BCUT2D eigenvalue weighted by Crippen LogP contribution is -2.47. The summed E-state index contributed by atoms with van der Waals surface area (Å²) in [6.07, 6.45) is 0.468. The largest absolute Gasteiger partial charge is 0.354 e. The molecule has 0 radical (unpaired) electrons. The molecule has 0 aliphatic carbocycles. The molecule has 1 unspecified atom stereocenters. The van der Waals surface area contributed by atoms with Crippen molar-refractivity contribution in [2.75, 3.05) is 18.0 Å².